The van der Waals surface area contributed by atoms with E-state index in [2.05, 4.69) is 31.4 Å². The molecule has 0 aromatic heterocycles. The van der Waals surface area contributed by atoms with Gasteiger partial charge in [-0.2, -0.15) is 0 Å². The Morgan fingerprint density at radius 1 is 1.08 bits per heavy atom. The molecule has 0 bridgehead atoms. The molecule has 0 unspecified atom stereocenters. The van der Waals surface area contributed by atoms with Crippen molar-refractivity contribution in [2.24, 2.45) is 0 Å². The molecule has 0 amide bonds. The van der Waals surface area contributed by atoms with E-state index < -0.39 is 0 Å². The molecule has 74 valence electrons. The Kier molecular flexibility index (Phi) is 8.95. The first kappa shape index (κ1) is 11.9. The maximum atomic E-state index is 3.45. The van der Waals surface area contributed by atoms with E-state index in [4.69, 9.17) is 0 Å². The Hall–Kier alpha value is -0.0800. The normalized spacial score (nSPS) is 13.2. The lowest BCUT2D eigenvalue weighted by molar-refractivity contribution is 0.514. The lowest BCUT2D eigenvalue weighted by atomic mass is 10.2. The summed E-state index contributed by atoms with van der Waals surface area (Å²) in [5.41, 5.74) is 0. The first-order valence-electron chi connectivity index (χ1n) is 5.25. The van der Waals surface area contributed by atoms with E-state index >= 15 is 0 Å². The predicted octanol–water partition coefficient (Wildman–Crippen LogP) is 1.76. The fourth-order valence-corrected chi connectivity index (χ4v) is 0.978. The van der Waals surface area contributed by atoms with Crippen LogP contribution in [0.1, 0.15) is 40.0 Å². The molecule has 2 nitrogen and oxygen atoms in total. The van der Waals surface area contributed by atoms with Crippen LogP contribution < -0.4 is 10.6 Å². The fourth-order valence-electron chi connectivity index (χ4n) is 0.978. The Balaban J connectivity index is 2.90. The van der Waals surface area contributed by atoms with Crippen LogP contribution in [0.25, 0.3) is 0 Å². The molecule has 2 N–H and O–H groups in total. The number of hydrogen-bond donors (Lipinski definition) is 2. The van der Waals surface area contributed by atoms with Crippen LogP contribution in [0.4, 0.5) is 0 Å². The average Bonchev–Trinajstić information content (AvgIpc) is 2.10. The van der Waals surface area contributed by atoms with Gasteiger partial charge in [0.2, 0.25) is 0 Å². The average molecular weight is 172 g/mol. The van der Waals surface area contributed by atoms with Crippen molar-refractivity contribution >= 4 is 0 Å². The van der Waals surface area contributed by atoms with Crippen molar-refractivity contribution in [3.05, 3.63) is 0 Å². The zero-order chi connectivity index (χ0) is 9.23. The highest BCUT2D eigenvalue weighted by atomic mass is 15.0. The van der Waals surface area contributed by atoms with Crippen LogP contribution in [0, 0.1) is 0 Å². The van der Waals surface area contributed by atoms with Crippen LogP contribution in [0.2, 0.25) is 0 Å². The van der Waals surface area contributed by atoms with E-state index in [0.29, 0.717) is 6.04 Å². The topological polar surface area (TPSA) is 24.1 Å². The third kappa shape index (κ3) is 8.02. The molecule has 0 fully saturated rings. The van der Waals surface area contributed by atoms with Gasteiger partial charge in [-0.05, 0) is 26.3 Å². The molecule has 0 saturated heterocycles. The maximum absolute atomic E-state index is 3.45. The van der Waals surface area contributed by atoms with Crippen molar-refractivity contribution in [1.29, 1.82) is 0 Å². The molecule has 0 spiro atoms. The highest BCUT2D eigenvalue weighted by Gasteiger charge is 1.94. The minimum absolute atomic E-state index is 0.665. The summed E-state index contributed by atoms with van der Waals surface area (Å²) in [6.07, 6.45) is 3.80. The summed E-state index contributed by atoms with van der Waals surface area (Å²) in [5.74, 6) is 0. The maximum Gasteiger partial charge on any atom is 0.00792 e. The second-order valence-electron chi connectivity index (χ2n) is 3.37. The molecular formula is C10H24N2. The predicted molar refractivity (Wildman–Crippen MR) is 55.5 cm³/mol. The van der Waals surface area contributed by atoms with Crippen LogP contribution in [-0.2, 0) is 0 Å². The van der Waals surface area contributed by atoms with E-state index in [1.54, 1.807) is 0 Å². The quantitative estimate of drug-likeness (QED) is 0.545. The molecule has 2 heteroatoms. The molecule has 0 heterocycles. The number of rotatable bonds is 8. The summed E-state index contributed by atoms with van der Waals surface area (Å²) < 4.78 is 0. The summed E-state index contributed by atoms with van der Waals surface area (Å²) in [7, 11) is 0. The number of nitrogens with one attached hydrogen (secondary N) is 2. The van der Waals surface area contributed by atoms with E-state index in [1.807, 2.05) is 0 Å². The number of unbranched alkanes of at least 4 members (excludes halogenated alkanes) is 1. The molecule has 0 saturated carbocycles. The zero-order valence-electron chi connectivity index (χ0n) is 8.82. The van der Waals surface area contributed by atoms with E-state index in [9.17, 15) is 0 Å². The van der Waals surface area contributed by atoms with Gasteiger partial charge >= 0.3 is 0 Å². The summed E-state index contributed by atoms with van der Waals surface area (Å²) in [6.45, 7) is 10.0. The van der Waals surface area contributed by atoms with Gasteiger partial charge in [0.05, 0.1) is 0 Å². The molecular weight excluding hydrogens is 148 g/mol. The number of hydrogen-bond acceptors (Lipinski definition) is 2. The van der Waals surface area contributed by atoms with Crippen LogP contribution >= 0.6 is 0 Å². The van der Waals surface area contributed by atoms with Gasteiger partial charge in [0.1, 0.15) is 0 Å². The van der Waals surface area contributed by atoms with Gasteiger partial charge < -0.3 is 10.6 Å². The van der Waals surface area contributed by atoms with Crippen molar-refractivity contribution < 1.29 is 0 Å². The van der Waals surface area contributed by atoms with Crippen molar-refractivity contribution in [2.45, 2.75) is 46.1 Å². The van der Waals surface area contributed by atoms with Crippen molar-refractivity contribution in [3.63, 3.8) is 0 Å². The SMILES string of the molecule is CCCCNCCN[C@@H](C)CC. The van der Waals surface area contributed by atoms with Gasteiger partial charge in [-0.15, -0.1) is 0 Å². The minimum Gasteiger partial charge on any atom is -0.315 e. The summed E-state index contributed by atoms with van der Waals surface area (Å²) in [6, 6.07) is 0.665. The van der Waals surface area contributed by atoms with Crippen LogP contribution in [-0.4, -0.2) is 25.7 Å². The summed E-state index contributed by atoms with van der Waals surface area (Å²) in [4.78, 5) is 0. The molecule has 0 aromatic rings. The molecule has 1 atom stereocenters. The van der Waals surface area contributed by atoms with Gasteiger partial charge in [0, 0.05) is 19.1 Å². The second kappa shape index (κ2) is 9.01. The third-order valence-electron chi connectivity index (χ3n) is 2.11. The standard InChI is InChI=1S/C10H24N2/c1-4-6-7-11-8-9-12-10(3)5-2/h10-12H,4-9H2,1-3H3/t10-/m0/s1. The van der Waals surface area contributed by atoms with Crippen LogP contribution in [0.15, 0.2) is 0 Å². The van der Waals surface area contributed by atoms with Crippen molar-refractivity contribution in [1.82, 2.24) is 10.6 Å². The van der Waals surface area contributed by atoms with Crippen LogP contribution in [0.5, 0.6) is 0 Å². The van der Waals surface area contributed by atoms with E-state index in [1.165, 1.54) is 25.8 Å². The van der Waals surface area contributed by atoms with Gasteiger partial charge in [-0.3, -0.25) is 0 Å². The van der Waals surface area contributed by atoms with Gasteiger partial charge in [-0.25, -0.2) is 0 Å². The molecule has 0 aliphatic carbocycles. The largest absolute Gasteiger partial charge is 0.315 e. The first-order valence-corrected chi connectivity index (χ1v) is 5.25. The Bertz CT molecular complexity index is 83.9. The first-order chi connectivity index (χ1) is 5.81. The lowest BCUT2D eigenvalue weighted by Crippen LogP contribution is -2.33. The van der Waals surface area contributed by atoms with Gasteiger partial charge in [-0.1, -0.05) is 20.3 Å². The van der Waals surface area contributed by atoms with Gasteiger partial charge in [0.25, 0.3) is 0 Å². The minimum atomic E-state index is 0.665. The smallest absolute Gasteiger partial charge is 0.00792 e. The fraction of sp³-hybridized carbons (Fsp3) is 1.00. The Morgan fingerprint density at radius 2 is 1.83 bits per heavy atom. The molecule has 0 aromatic carbocycles. The summed E-state index contributed by atoms with van der Waals surface area (Å²) in [5, 5.41) is 6.85. The molecule has 12 heavy (non-hydrogen) atoms. The third-order valence-corrected chi connectivity index (χ3v) is 2.11. The molecule has 0 radical (unpaired) electrons. The molecule has 0 aliphatic heterocycles. The monoisotopic (exact) mass is 172 g/mol. The van der Waals surface area contributed by atoms with E-state index in [0.717, 1.165) is 13.1 Å². The van der Waals surface area contributed by atoms with Crippen LogP contribution in [0.3, 0.4) is 0 Å². The van der Waals surface area contributed by atoms with E-state index in [-0.39, 0.29) is 0 Å². The van der Waals surface area contributed by atoms with Crippen molar-refractivity contribution in [3.8, 4) is 0 Å². The lowest BCUT2D eigenvalue weighted by Gasteiger charge is -2.11. The van der Waals surface area contributed by atoms with Gasteiger partial charge in [0.15, 0.2) is 0 Å². The highest BCUT2D eigenvalue weighted by molar-refractivity contribution is 4.58. The molecule has 0 aliphatic rings. The van der Waals surface area contributed by atoms with Crippen molar-refractivity contribution in [2.75, 3.05) is 19.6 Å². The Labute approximate surface area is 77.1 Å². The Morgan fingerprint density at radius 3 is 2.42 bits per heavy atom. The highest BCUT2D eigenvalue weighted by Crippen LogP contribution is 1.85. The molecule has 0 rings (SSSR count). The summed E-state index contributed by atoms with van der Waals surface area (Å²) >= 11 is 0. The second-order valence-corrected chi connectivity index (χ2v) is 3.37. The zero-order valence-corrected chi connectivity index (χ0v) is 8.82.